The maximum absolute atomic E-state index is 5.47. The van der Waals surface area contributed by atoms with Crippen LogP contribution in [0.4, 0.5) is 0 Å². The second-order valence-corrected chi connectivity index (χ2v) is 13.9. The summed E-state index contributed by atoms with van der Waals surface area (Å²) < 4.78 is 4.49. The third-order valence-corrected chi connectivity index (χ3v) is 10.6. The number of nitrogens with zero attached hydrogens (tertiary/aromatic N) is 6. The molecule has 0 atom stereocenters. The fourth-order valence-electron chi connectivity index (χ4n) is 7.99. The molecule has 11 aromatic rings. The Morgan fingerprint density at radius 2 is 0.857 bits per heavy atom. The van der Waals surface area contributed by atoms with E-state index in [2.05, 4.69) is 155 Å². The third-order valence-electron chi connectivity index (χ3n) is 10.6. The Labute approximate surface area is 322 Å². The normalized spacial score (nSPS) is 11.6. The summed E-state index contributed by atoms with van der Waals surface area (Å²) in [6.45, 7) is 0. The predicted molar refractivity (Wildman–Crippen MR) is 228 cm³/mol. The van der Waals surface area contributed by atoms with Crippen LogP contribution in [0.1, 0.15) is 0 Å². The number of rotatable bonds is 6. The van der Waals surface area contributed by atoms with Crippen LogP contribution in [0.15, 0.2) is 194 Å². The minimum absolute atomic E-state index is 0.611. The van der Waals surface area contributed by atoms with Gasteiger partial charge < -0.3 is 4.57 Å². The monoisotopic (exact) mass is 716 g/mol. The zero-order chi connectivity index (χ0) is 37.0. The van der Waals surface area contributed by atoms with E-state index in [1.54, 1.807) is 0 Å². The van der Waals surface area contributed by atoms with E-state index in [0.29, 0.717) is 11.8 Å². The number of para-hydroxylation sites is 3. The molecule has 6 nitrogen and oxygen atoms in total. The maximum Gasteiger partial charge on any atom is 0.235 e. The molecule has 7 aromatic carbocycles. The molecular weight excluding hydrogens is 685 g/mol. The molecular formula is C50H32N6. The molecule has 4 heterocycles. The van der Waals surface area contributed by atoms with Crippen LogP contribution in [0.5, 0.6) is 0 Å². The molecule has 6 heteroatoms. The van der Waals surface area contributed by atoms with Gasteiger partial charge in [0.1, 0.15) is 11.2 Å². The van der Waals surface area contributed by atoms with E-state index in [9.17, 15) is 0 Å². The summed E-state index contributed by atoms with van der Waals surface area (Å²) in [4.78, 5) is 21.2. The highest BCUT2D eigenvalue weighted by Gasteiger charge is 2.23. The summed E-state index contributed by atoms with van der Waals surface area (Å²) in [5.41, 5.74) is 12.7. The fraction of sp³-hybridized carbons (Fsp3) is 0. The van der Waals surface area contributed by atoms with Crippen molar-refractivity contribution < 1.29 is 0 Å². The van der Waals surface area contributed by atoms with Crippen LogP contribution in [0.25, 0.3) is 101 Å². The van der Waals surface area contributed by atoms with E-state index in [4.69, 9.17) is 19.9 Å². The number of hydrogen-bond acceptors (Lipinski definition) is 4. The van der Waals surface area contributed by atoms with Gasteiger partial charge in [-0.15, -0.1) is 0 Å². The highest BCUT2D eigenvalue weighted by molar-refractivity contribution is 6.13. The first kappa shape index (κ1) is 31.8. The Hall–Kier alpha value is -7.70. The van der Waals surface area contributed by atoms with E-state index in [1.807, 2.05) is 48.5 Å². The van der Waals surface area contributed by atoms with Crippen LogP contribution in [0.3, 0.4) is 0 Å². The summed E-state index contributed by atoms with van der Waals surface area (Å²) in [7, 11) is 0. The highest BCUT2D eigenvalue weighted by atomic mass is 15.2. The quantitative estimate of drug-likeness (QED) is 0.172. The lowest BCUT2D eigenvalue weighted by Crippen LogP contribution is -2.05. The summed E-state index contributed by atoms with van der Waals surface area (Å²) in [6, 6.07) is 67.1. The lowest BCUT2D eigenvalue weighted by Gasteiger charge is -2.13. The van der Waals surface area contributed by atoms with Gasteiger partial charge in [0.25, 0.3) is 0 Å². The average molecular weight is 717 g/mol. The van der Waals surface area contributed by atoms with Crippen molar-refractivity contribution in [3.05, 3.63) is 194 Å². The zero-order valence-electron chi connectivity index (χ0n) is 30.2. The fourth-order valence-corrected chi connectivity index (χ4v) is 7.99. The van der Waals surface area contributed by atoms with Crippen LogP contribution < -0.4 is 0 Å². The second kappa shape index (κ2) is 13.0. The van der Waals surface area contributed by atoms with Crippen molar-refractivity contribution in [1.82, 2.24) is 29.1 Å². The Bertz CT molecular complexity index is 3170. The number of hydrogen-bond donors (Lipinski definition) is 0. The van der Waals surface area contributed by atoms with Gasteiger partial charge in [-0.25, -0.2) is 19.9 Å². The van der Waals surface area contributed by atoms with Gasteiger partial charge in [-0.05, 0) is 48.5 Å². The topological polar surface area (TPSA) is 61.4 Å². The molecule has 4 aromatic heterocycles. The molecule has 0 aliphatic carbocycles. The van der Waals surface area contributed by atoms with Gasteiger partial charge in [-0.2, -0.15) is 0 Å². The molecule has 0 N–H and O–H groups in total. The lowest BCUT2D eigenvalue weighted by atomic mass is 10.1. The molecule has 11 rings (SSSR count). The van der Waals surface area contributed by atoms with Crippen molar-refractivity contribution in [1.29, 1.82) is 0 Å². The standard InChI is InChI=1S/C50H32N6/c1-5-17-33(18-6-1)41-32-42(34-19-7-2-8-20-34)52-49(51-41)36-29-30-45-40(31-36)38-25-13-15-27-43(38)56(45)50-53-46(35-21-9-3-10-22-35)48-47(54-50)39-26-14-16-28-44(39)55(48)37-23-11-4-12-24-37/h1-32H. The maximum atomic E-state index is 5.47. The minimum atomic E-state index is 0.611. The van der Waals surface area contributed by atoms with Crippen LogP contribution in [-0.2, 0) is 0 Å². The molecule has 0 saturated heterocycles. The van der Waals surface area contributed by atoms with Crippen molar-refractivity contribution in [2.75, 3.05) is 0 Å². The molecule has 0 aliphatic rings. The van der Waals surface area contributed by atoms with Gasteiger partial charge in [-0.3, -0.25) is 4.57 Å². The second-order valence-electron chi connectivity index (χ2n) is 13.9. The Balaban J connectivity index is 1.17. The molecule has 0 fully saturated rings. The van der Waals surface area contributed by atoms with Gasteiger partial charge in [0.2, 0.25) is 5.95 Å². The first-order chi connectivity index (χ1) is 27.8. The molecule has 262 valence electrons. The number of fused-ring (bicyclic) bond motifs is 6. The largest absolute Gasteiger partial charge is 0.306 e. The van der Waals surface area contributed by atoms with E-state index in [1.165, 1.54) is 0 Å². The Morgan fingerprint density at radius 3 is 1.50 bits per heavy atom. The van der Waals surface area contributed by atoms with E-state index in [-0.39, 0.29) is 0 Å². The van der Waals surface area contributed by atoms with E-state index >= 15 is 0 Å². The van der Waals surface area contributed by atoms with E-state index < -0.39 is 0 Å². The smallest absolute Gasteiger partial charge is 0.235 e. The molecule has 0 amide bonds. The van der Waals surface area contributed by atoms with E-state index in [0.717, 1.165) is 88.8 Å². The SMILES string of the molecule is c1ccc(-c2cc(-c3ccccc3)nc(-c3ccc4c(c3)c3ccccc3n4-c3nc(-c4ccccc4)c4c(n3)c3ccccc3n4-c3ccccc3)n2)cc1. The van der Waals surface area contributed by atoms with Crippen molar-refractivity contribution in [3.63, 3.8) is 0 Å². The first-order valence-electron chi connectivity index (χ1n) is 18.7. The zero-order valence-corrected chi connectivity index (χ0v) is 30.2. The summed E-state index contributed by atoms with van der Waals surface area (Å²) in [5.74, 6) is 1.28. The Morgan fingerprint density at radius 1 is 0.339 bits per heavy atom. The molecule has 0 spiro atoms. The molecule has 0 unspecified atom stereocenters. The molecule has 56 heavy (non-hydrogen) atoms. The number of aromatic nitrogens is 6. The summed E-state index contributed by atoms with van der Waals surface area (Å²) in [6.07, 6.45) is 0. The van der Waals surface area contributed by atoms with Crippen molar-refractivity contribution in [3.8, 4) is 56.8 Å². The predicted octanol–water partition coefficient (Wildman–Crippen LogP) is 12.1. The first-order valence-corrected chi connectivity index (χ1v) is 18.7. The van der Waals surface area contributed by atoms with Crippen molar-refractivity contribution in [2.24, 2.45) is 0 Å². The lowest BCUT2D eigenvalue weighted by molar-refractivity contribution is 1.01. The molecule has 0 aliphatic heterocycles. The molecule has 0 radical (unpaired) electrons. The van der Waals surface area contributed by atoms with Crippen LogP contribution in [0, 0.1) is 0 Å². The van der Waals surface area contributed by atoms with Crippen LogP contribution >= 0.6 is 0 Å². The third kappa shape index (κ3) is 5.19. The van der Waals surface area contributed by atoms with Crippen LogP contribution in [-0.4, -0.2) is 29.1 Å². The van der Waals surface area contributed by atoms with Crippen LogP contribution in [0.2, 0.25) is 0 Å². The highest BCUT2D eigenvalue weighted by Crippen LogP contribution is 2.39. The van der Waals surface area contributed by atoms with Gasteiger partial charge in [-0.1, -0.05) is 146 Å². The van der Waals surface area contributed by atoms with Gasteiger partial charge in [0.05, 0.1) is 33.5 Å². The van der Waals surface area contributed by atoms with Gasteiger partial charge in [0.15, 0.2) is 5.82 Å². The summed E-state index contributed by atoms with van der Waals surface area (Å²) >= 11 is 0. The number of benzene rings is 7. The average Bonchev–Trinajstić information content (AvgIpc) is 3.80. The summed E-state index contributed by atoms with van der Waals surface area (Å²) in [5, 5.41) is 3.24. The Kier molecular flexibility index (Phi) is 7.38. The van der Waals surface area contributed by atoms with Gasteiger partial charge in [0, 0.05) is 44.1 Å². The minimum Gasteiger partial charge on any atom is -0.306 e. The molecule has 0 saturated carbocycles. The molecule has 0 bridgehead atoms. The van der Waals surface area contributed by atoms with Gasteiger partial charge >= 0.3 is 0 Å². The van der Waals surface area contributed by atoms with Crippen molar-refractivity contribution in [2.45, 2.75) is 0 Å². The van der Waals surface area contributed by atoms with Crippen molar-refractivity contribution >= 4 is 43.7 Å².